The predicted molar refractivity (Wildman–Crippen MR) is 114 cm³/mol. The largest absolute Gasteiger partial charge is 0.462 e. The summed E-state index contributed by atoms with van der Waals surface area (Å²) in [4.78, 5) is 0. The lowest BCUT2D eigenvalue weighted by atomic mass is 9.78. The quantitative estimate of drug-likeness (QED) is 0.517. The van der Waals surface area contributed by atoms with Crippen LogP contribution in [0.25, 0.3) is 0 Å². The molecule has 0 aromatic heterocycles. The fraction of sp³-hybridized carbons (Fsp3) is 0.500. The van der Waals surface area contributed by atoms with E-state index in [4.69, 9.17) is 14.0 Å². The van der Waals surface area contributed by atoms with Gasteiger partial charge in [-0.05, 0) is 62.8 Å². The first kappa shape index (κ1) is 22.4. The van der Waals surface area contributed by atoms with Crippen molar-refractivity contribution < 1.29 is 27.2 Å². The number of rotatable bonds is 6. The molecule has 4 rings (SSSR count). The molecule has 2 aromatic carbocycles. The van der Waals surface area contributed by atoms with E-state index in [1.807, 2.05) is 58.0 Å². The Morgan fingerprint density at radius 2 is 1.48 bits per heavy atom. The van der Waals surface area contributed by atoms with Crippen LogP contribution in [-0.2, 0) is 26.8 Å². The average Bonchev–Trinajstić information content (AvgIpc) is 3.36. The summed E-state index contributed by atoms with van der Waals surface area (Å²) in [6.07, 6.45) is -4.34. The molecule has 1 aliphatic heterocycles. The summed E-state index contributed by atoms with van der Waals surface area (Å²) < 4.78 is 57.4. The van der Waals surface area contributed by atoms with E-state index in [0.717, 1.165) is 23.3 Å². The molecule has 1 aliphatic carbocycles. The van der Waals surface area contributed by atoms with Crippen molar-refractivity contribution in [1.29, 1.82) is 0 Å². The van der Waals surface area contributed by atoms with Crippen molar-refractivity contribution in [1.82, 2.24) is 0 Å². The Morgan fingerprint density at radius 1 is 0.903 bits per heavy atom. The van der Waals surface area contributed by atoms with Crippen molar-refractivity contribution in [2.24, 2.45) is 5.92 Å². The van der Waals surface area contributed by atoms with Crippen molar-refractivity contribution in [3.05, 3.63) is 71.3 Å². The van der Waals surface area contributed by atoms with Crippen LogP contribution in [0.15, 0.2) is 54.6 Å². The smallest absolute Gasteiger partial charge is 0.403 e. The van der Waals surface area contributed by atoms with E-state index in [2.05, 4.69) is 0 Å². The Hall–Kier alpha value is -1.83. The maximum atomic E-state index is 13.0. The number of benzene rings is 2. The summed E-state index contributed by atoms with van der Waals surface area (Å²) >= 11 is 0. The molecular formula is C24H28BF3O3. The maximum Gasteiger partial charge on any atom is 0.462 e. The Balaban J connectivity index is 1.49. The van der Waals surface area contributed by atoms with E-state index in [1.54, 1.807) is 12.1 Å². The number of halogens is 3. The van der Waals surface area contributed by atoms with E-state index < -0.39 is 30.1 Å². The van der Waals surface area contributed by atoms with Gasteiger partial charge in [0.2, 0.25) is 0 Å². The molecule has 0 radical (unpaired) electrons. The van der Waals surface area contributed by atoms with Crippen molar-refractivity contribution >= 4 is 7.12 Å². The third-order valence-corrected chi connectivity index (χ3v) is 6.86. The van der Waals surface area contributed by atoms with Gasteiger partial charge in [0.15, 0.2) is 0 Å². The second-order valence-corrected chi connectivity index (χ2v) is 9.51. The third-order valence-electron chi connectivity index (χ3n) is 6.86. The van der Waals surface area contributed by atoms with Crippen molar-refractivity contribution in [3.8, 4) is 0 Å². The number of hydrogen-bond acceptors (Lipinski definition) is 3. The van der Waals surface area contributed by atoms with Crippen molar-refractivity contribution in [2.75, 3.05) is 6.61 Å². The standard InChI is InChI=1S/C24H28BF3O3/c1-22(2)23(3,4)31-25(30-22)21-19(15-29-14-16-8-6-5-7-9-16)20(21)17-10-12-18(13-11-17)24(26,27)28/h5-13,19-21H,14-15H2,1-4H3/t19-,20-,21-/m0/s1. The third kappa shape index (κ3) is 4.54. The van der Waals surface area contributed by atoms with Gasteiger partial charge in [0.05, 0.1) is 30.0 Å². The Morgan fingerprint density at radius 3 is 2.03 bits per heavy atom. The molecule has 1 heterocycles. The molecule has 166 valence electrons. The van der Waals surface area contributed by atoms with Gasteiger partial charge in [0.1, 0.15) is 0 Å². The molecule has 0 N–H and O–H groups in total. The summed E-state index contributed by atoms with van der Waals surface area (Å²) in [5.74, 6) is 0.191. The van der Waals surface area contributed by atoms with Crippen LogP contribution < -0.4 is 0 Å². The summed E-state index contributed by atoms with van der Waals surface area (Å²) in [6, 6.07) is 15.3. The molecule has 1 saturated carbocycles. The first-order valence-corrected chi connectivity index (χ1v) is 10.6. The number of alkyl halides is 3. The minimum atomic E-state index is -4.34. The zero-order chi connectivity index (χ0) is 22.4. The van der Waals surface area contributed by atoms with Gasteiger partial charge < -0.3 is 14.0 Å². The summed E-state index contributed by atoms with van der Waals surface area (Å²) in [6.45, 7) is 9.00. The lowest BCUT2D eigenvalue weighted by molar-refractivity contribution is -0.137. The van der Waals surface area contributed by atoms with Crippen LogP contribution >= 0.6 is 0 Å². The van der Waals surface area contributed by atoms with Gasteiger partial charge in [-0.2, -0.15) is 13.2 Å². The van der Waals surface area contributed by atoms with E-state index >= 15 is 0 Å². The van der Waals surface area contributed by atoms with Crippen LogP contribution in [0.3, 0.4) is 0 Å². The molecule has 2 aromatic rings. The van der Waals surface area contributed by atoms with Crippen LogP contribution in [0, 0.1) is 5.92 Å². The molecule has 31 heavy (non-hydrogen) atoms. The molecule has 7 heteroatoms. The summed E-state index contributed by atoms with van der Waals surface area (Å²) in [5.41, 5.74) is 0.393. The molecule has 0 bridgehead atoms. The van der Waals surface area contributed by atoms with E-state index in [-0.39, 0.29) is 17.7 Å². The lowest BCUT2D eigenvalue weighted by Crippen LogP contribution is -2.41. The topological polar surface area (TPSA) is 27.7 Å². The van der Waals surface area contributed by atoms with Gasteiger partial charge >= 0.3 is 13.3 Å². The predicted octanol–water partition coefficient (Wildman–Crippen LogP) is 6.10. The van der Waals surface area contributed by atoms with Crippen molar-refractivity contribution in [3.63, 3.8) is 0 Å². The highest BCUT2D eigenvalue weighted by molar-refractivity contribution is 6.49. The van der Waals surface area contributed by atoms with Gasteiger partial charge in [-0.1, -0.05) is 42.5 Å². The highest BCUT2D eigenvalue weighted by Gasteiger charge is 2.65. The van der Waals surface area contributed by atoms with Gasteiger partial charge in [0.25, 0.3) is 0 Å². The summed E-state index contributed by atoms with van der Waals surface area (Å²) in [5, 5.41) is 0. The molecule has 0 spiro atoms. The first-order chi connectivity index (χ1) is 14.5. The zero-order valence-electron chi connectivity index (χ0n) is 18.3. The highest BCUT2D eigenvalue weighted by Crippen LogP contribution is 2.63. The number of ether oxygens (including phenoxy) is 1. The molecule has 2 fully saturated rings. The van der Waals surface area contributed by atoms with E-state index in [0.29, 0.717) is 13.2 Å². The van der Waals surface area contributed by atoms with Gasteiger partial charge in [0, 0.05) is 5.82 Å². The van der Waals surface area contributed by atoms with E-state index in [9.17, 15) is 13.2 Å². The van der Waals surface area contributed by atoms with Crippen LogP contribution in [0.5, 0.6) is 0 Å². The Kier molecular flexibility index (Phi) is 5.73. The molecule has 1 saturated heterocycles. The average molecular weight is 432 g/mol. The van der Waals surface area contributed by atoms with Crippen LogP contribution in [-0.4, -0.2) is 24.9 Å². The Labute approximate surface area is 182 Å². The monoisotopic (exact) mass is 432 g/mol. The van der Waals surface area contributed by atoms with Gasteiger partial charge in [-0.25, -0.2) is 0 Å². The molecule has 2 aliphatic rings. The second kappa shape index (κ2) is 7.94. The fourth-order valence-corrected chi connectivity index (χ4v) is 4.28. The summed E-state index contributed by atoms with van der Waals surface area (Å²) in [7, 11) is -0.414. The Bertz CT molecular complexity index is 881. The molecule has 3 nitrogen and oxygen atoms in total. The SMILES string of the molecule is CC1(C)OB([C@H]2[C@@H](COCc3ccccc3)[C@@H]2c2ccc(C(F)(F)F)cc2)OC1(C)C. The minimum absolute atomic E-state index is 0.0350. The lowest BCUT2D eigenvalue weighted by Gasteiger charge is -2.32. The van der Waals surface area contributed by atoms with Crippen LogP contribution in [0.2, 0.25) is 5.82 Å². The normalized spacial score (nSPS) is 26.8. The molecule has 3 atom stereocenters. The van der Waals surface area contributed by atoms with Gasteiger partial charge in [-0.15, -0.1) is 0 Å². The zero-order valence-corrected chi connectivity index (χ0v) is 18.3. The van der Waals surface area contributed by atoms with Crippen LogP contribution in [0.4, 0.5) is 13.2 Å². The molecule has 0 unspecified atom stereocenters. The minimum Gasteiger partial charge on any atom is -0.403 e. The van der Waals surface area contributed by atoms with Crippen molar-refractivity contribution in [2.45, 2.75) is 63.4 Å². The first-order valence-electron chi connectivity index (χ1n) is 10.6. The number of hydrogen-bond donors (Lipinski definition) is 0. The fourth-order valence-electron chi connectivity index (χ4n) is 4.28. The molecular weight excluding hydrogens is 404 g/mol. The highest BCUT2D eigenvalue weighted by atomic mass is 19.4. The molecule has 0 amide bonds. The van der Waals surface area contributed by atoms with E-state index in [1.165, 1.54) is 0 Å². The van der Waals surface area contributed by atoms with Gasteiger partial charge in [-0.3, -0.25) is 0 Å². The van der Waals surface area contributed by atoms with Crippen LogP contribution in [0.1, 0.15) is 50.3 Å². The maximum absolute atomic E-state index is 13.0. The second-order valence-electron chi connectivity index (χ2n) is 9.51.